The molecule has 0 saturated carbocycles. The molecule has 0 bridgehead atoms. The smallest absolute Gasteiger partial charge is 0.228 e. The van der Waals surface area contributed by atoms with E-state index < -0.39 is 9.96 Å². The monoisotopic (exact) mass is 429 g/mol. The largest absolute Gasteiger partial charge is 0.339 e. The molecule has 0 spiro atoms. The fourth-order valence-corrected chi connectivity index (χ4v) is 2.69. The molecule has 2 rings (SSSR count). The summed E-state index contributed by atoms with van der Waals surface area (Å²) in [6.45, 7) is 1.99. The molecule has 0 saturated heterocycles. The number of aryl methyl sites for hydroxylation is 1. The maximum absolute atomic E-state index is 12.3. The number of alkyl halides is 3. The Morgan fingerprint density at radius 3 is 2.23 bits per heavy atom. The van der Waals surface area contributed by atoms with Crippen LogP contribution < -0.4 is 16.0 Å². The summed E-state index contributed by atoms with van der Waals surface area (Å²) in [6, 6.07) is 16.9. The van der Waals surface area contributed by atoms with E-state index in [-0.39, 0.29) is 17.4 Å². The van der Waals surface area contributed by atoms with Gasteiger partial charge in [-0.3, -0.25) is 4.79 Å². The third-order valence-corrected chi connectivity index (χ3v) is 4.30. The summed E-state index contributed by atoms with van der Waals surface area (Å²) in [6.07, 6.45) is -0.827. The van der Waals surface area contributed by atoms with Gasteiger partial charge in [0.2, 0.25) is 9.70 Å². The lowest BCUT2D eigenvalue weighted by Gasteiger charge is -2.27. The van der Waals surface area contributed by atoms with Crippen LogP contribution in [0.5, 0.6) is 0 Å². The zero-order valence-electron chi connectivity index (χ0n) is 13.9. The van der Waals surface area contributed by atoms with Crippen molar-refractivity contribution in [3.8, 4) is 0 Å². The lowest BCUT2D eigenvalue weighted by atomic mass is 10.1. The van der Waals surface area contributed by atoms with E-state index in [9.17, 15) is 4.79 Å². The molecule has 0 heterocycles. The maximum atomic E-state index is 12.3. The summed E-state index contributed by atoms with van der Waals surface area (Å²) >= 11 is 23.2. The molecule has 4 nitrogen and oxygen atoms in total. The molecule has 1 amide bonds. The molecule has 0 fully saturated rings. The Labute approximate surface area is 173 Å². The molecule has 138 valence electrons. The molecule has 0 aromatic heterocycles. The Hall–Kier alpha value is -1.53. The maximum Gasteiger partial charge on any atom is 0.228 e. The molecule has 26 heavy (non-hydrogen) atoms. The van der Waals surface area contributed by atoms with Crippen LogP contribution in [0.3, 0.4) is 0 Å². The molecule has 1 unspecified atom stereocenters. The second kappa shape index (κ2) is 9.42. The first-order chi connectivity index (χ1) is 12.2. The minimum atomic E-state index is -1.79. The average Bonchev–Trinajstić information content (AvgIpc) is 2.56. The van der Waals surface area contributed by atoms with Crippen molar-refractivity contribution in [3.63, 3.8) is 0 Å². The lowest BCUT2D eigenvalue weighted by Crippen LogP contribution is -2.56. The van der Waals surface area contributed by atoms with Gasteiger partial charge in [-0.25, -0.2) is 0 Å². The molecular weight excluding hydrogens is 413 g/mol. The first-order valence-electron chi connectivity index (χ1n) is 7.78. The van der Waals surface area contributed by atoms with Gasteiger partial charge in [0, 0.05) is 5.69 Å². The van der Waals surface area contributed by atoms with Gasteiger partial charge in [0.05, 0.1) is 6.42 Å². The molecule has 1 atom stereocenters. The SMILES string of the molecule is Cc1ccc(NC(=S)NC(NC(=O)Cc2ccccc2)C(Cl)(Cl)Cl)cc1. The molecule has 0 aliphatic carbocycles. The number of amides is 1. The van der Waals surface area contributed by atoms with E-state index in [2.05, 4.69) is 16.0 Å². The summed E-state index contributed by atoms with van der Waals surface area (Å²) in [5, 5.41) is 8.70. The van der Waals surface area contributed by atoms with Crippen molar-refractivity contribution in [3.05, 3.63) is 65.7 Å². The van der Waals surface area contributed by atoms with Gasteiger partial charge < -0.3 is 16.0 Å². The number of thiocarbonyl (C=S) groups is 1. The van der Waals surface area contributed by atoms with E-state index in [1.54, 1.807) is 0 Å². The zero-order valence-corrected chi connectivity index (χ0v) is 17.0. The number of carbonyl (C=O) groups excluding carboxylic acids is 1. The highest BCUT2D eigenvalue weighted by molar-refractivity contribution is 7.80. The summed E-state index contributed by atoms with van der Waals surface area (Å²) < 4.78 is -1.79. The van der Waals surface area contributed by atoms with E-state index in [0.717, 1.165) is 16.8 Å². The minimum absolute atomic E-state index is 0.165. The van der Waals surface area contributed by atoms with Crippen LogP contribution in [0.15, 0.2) is 54.6 Å². The third kappa shape index (κ3) is 7.00. The zero-order chi connectivity index (χ0) is 19.2. The number of carbonyl (C=O) groups is 1. The van der Waals surface area contributed by atoms with Crippen LogP contribution in [0.4, 0.5) is 5.69 Å². The van der Waals surface area contributed by atoms with Crippen LogP contribution in [0.1, 0.15) is 11.1 Å². The molecule has 3 N–H and O–H groups in total. The fraction of sp³-hybridized carbons (Fsp3) is 0.222. The molecule has 2 aromatic rings. The first kappa shape index (κ1) is 20.8. The summed E-state index contributed by atoms with van der Waals surface area (Å²) in [5.41, 5.74) is 2.77. The highest BCUT2D eigenvalue weighted by Gasteiger charge is 2.34. The molecule has 0 aliphatic heterocycles. The standard InChI is InChI=1S/C18H18Cl3N3OS/c1-12-7-9-14(10-8-12)22-17(26)24-16(18(19,20)21)23-15(25)11-13-5-3-2-4-6-13/h2-10,16H,11H2,1H3,(H,23,25)(H2,22,24,26). The molecule has 0 aliphatic rings. The predicted molar refractivity (Wildman–Crippen MR) is 113 cm³/mol. The fourth-order valence-electron chi connectivity index (χ4n) is 2.13. The second-order valence-electron chi connectivity index (χ2n) is 5.67. The van der Waals surface area contributed by atoms with Crippen molar-refractivity contribution in [1.29, 1.82) is 0 Å². The van der Waals surface area contributed by atoms with Gasteiger partial charge in [-0.1, -0.05) is 82.8 Å². The topological polar surface area (TPSA) is 53.2 Å². The minimum Gasteiger partial charge on any atom is -0.339 e. The number of anilines is 1. The number of benzene rings is 2. The lowest BCUT2D eigenvalue weighted by molar-refractivity contribution is -0.121. The summed E-state index contributed by atoms with van der Waals surface area (Å²) in [7, 11) is 0. The molecule has 2 aromatic carbocycles. The van der Waals surface area contributed by atoms with Gasteiger partial charge in [-0.2, -0.15) is 0 Å². The number of rotatable bonds is 5. The molecular formula is C18H18Cl3N3OS. The van der Waals surface area contributed by atoms with Crippen molar-refractivity contribution in [2.45, 2.75) is 23.3 Å². The van der Waals surface area contributed by atoms with Crippen molar-refractivity contribution >= 4 is 63.7 Å². The highest BCUT2D eigenvalue weighted by Crippen LogP contribution is 2.29. The van der Waals surface area contributed by atoms with Crippen LogP contribution in [0.2, 0.25) is 0 Å². The highest BCUT2D eigenvalue weighted by atomic mass is 35.6. The van der Waals surface area contributed by atoms with E-state index in [1.807, 2.05) is 61.5 Å². The summed E-state index contributed by atoms with van der Waals surface area (Å²) in [4.78, 5) is 12.3. The van der Waals surface area contributed by atoms with Gasteiger partial charge in [-0.05, 0) is 36.8 Å². The number of halogens is 3. The molecule has 8 heteroatoms. The van der Waals surface area contributed by atoms with Crippen LogP contribution in [0, 0.1) is 6.92 Å². The Morgan fingerprint density at radius 1 is 1.04 bits per heavy atom. The van der Waals surface area contributed by atoms with Crippen LogP contribution in [-0.4, -0.2) is 21.0 Å². The van der Waals surface area contributed by atoms with Crippen molar-refractivity contribution < 1.29 is 4.79 Å². The van der Waals surface area contributed by atoms with E-state index in [1.165, 1.54) is 0 Å². The van der Waals surface area contributed by atoms with Crippen LogP contribution in [-0.2, 0) is 11.2 Å². The van der Waals surface area contributed by atoms with Gasteiger partial charge >= 0.3 is 0 Å². The Morgan fingerprint density at radius 2 is 1.65 bits per heavy atom. The van der Waals surface area contributed by atoms with E-state index in [4.69, 9.17) is 47.0 Å². The predicted octanol–water partition coefficient (Wildman–Crippen LogP) is 4.34. The van der Waals surface area contributed by atoms with Gasteiger partial charge in [0.1, 0.15) is 6.17 Å². The summed E-state index contributed by atoms with van der Waals surface area (Å²) in [5.74, 6) is -0.293. The Balaban J connectivity index is 1.97. The van der Waals surface area contributed by atoms with E-state index in [0.29, 0.717) is 0 Å². The number of hydrogen-bond donors (Lipinski definition) is 3. The van der Waals surface area contributed by atoms with Crippen LogP contribution >= 0.6 is 47.0 Å². The van der Waals surface area contributed by atoms with Gasteiger partial charge in [0.25, 0.3) is 0 Å². The second-order valence-corrected chi connectivity index (χ2v) is 8.45. The third-order valence-electron chi connectivity index (χ3n) is 3.43. The van der Waals surface area contributed by atoms with Crippen molar-refractivity contribution in [1.82, 2.24) is 10.6 Å². The average molecular weight is 431 g/mol. The van der Waals surface area contributed by atoms with Crippen molar-refractivity contribution in [2.24, 2.45) is 0 Å². The number of hydrogen-bond acceptors (Lipinski definition) is 2. The van der Waals surface area contributed by atoms with E-state index >= 15 is 0 Å². The molecule has 0 radical (unpaired) electrons. The first-order valence-corrected chi connectivity index (χ1v) is 9.32. The number of nitrogens with one attached hydrogen (secondary N) is 3. The van der Waals surface area contributed by atoms with Crippen molar-refractivity contribution in [2.75, 3.05) is 5.32 Å². The quantitative estimate of drug-likeness (QED) is 0.375. The van der Waals surface area contributed by atoms with Gasteiger partial charge in [-0.15, -0.1) is 0 Å². The Bertz CT molecular complexity index is 749. The van der Waals surface area contributed by atoms with Crippen LogP contribution in [0.25, 0.3) is 0 Å². The Kier molecular flexibility index (Phi) is 7.53. The normalized spacial score (nSPS) is 12.2. The van der Waals surface area contributed by atoms with Gasteiger partial charge in [0.15, 0.2) is 5.11 Å².